The number of nitrogens with zero attached hydrogens (tertiary/aromatic N) is 3. The minimum absolute atomic E-state index is 0.135. The number of nitriles is 1. The summed E-state index contributed by atoms with van der Waals surface area (Å²) in [4.78, 5) is 7.59. The van der Waals surface area contributed by atoms with Gasteiger partial charge in [-0.2, -0.15) is 5.26 Å². The summed E-state index contributed by atoms with van der Waals surface area (Å²) < 4.78 is 5.44. The Morgan fingerprint density at radius 2 is 1.67 bits per heavy atom. The zero-order valence-electron chi connectivity index (χ0n) is 7.79. The molecule has 0 saturated heterocycles. The van der Waals surface area contributed by atoms with Crippen LogP contribution in [0.5, 0.6) is 11.5 Å². The molecule has 15 heavy (non-hydrogen) atoms. The molecule has 1 aromatic heterocycles. The minimum Gasteiger partial charge on any atom is -0.454 e. The van der Waals surface area contributed by atoms with Crippen molar-refractivity contribution in [1.29, 1.82) is 5.26 Å². The summed E-state index contributed by atoms with van der Waals surface area (Å²) in [6.45, 7) is 0. The second kappa shape index (κ2) is 4.20. The lowest BCUT2D eigenvalue weighted by molar-refractivity contribution is 0.477. The molecule has 0 aliphatic carbocycles. The molecule has 0 N–H and O–H groups in total. The Bertz CT molecular complexity index is 473. The summed E-state index contributed by atoms with van der Waals surface area (Å²) in [7, 11) is 0. The number of benzene rings is 1. The van der Waals surface area contributed by atoms with Crippen LogP contribution in [0.3, 0.4) is 0 Å². The molecule has 2 rings (SSSR count). The first-order valence-corrected chi connectivity index (χ1v) is 4.33. The van der Waals surface area contributed by atoms with E-state index >= 15 is 0 Å². The number of rotatable bonds is 2. The third-order valence-electron chi connectivity index (χ3n) is 1.71. The van der Waals surface area contributed by atoms with E-state index in [2.05, 4.69) is 9.97 Å². The van der Waals surface area contributed by atoms with E-state index in [1.54, 1.807) is 0 Å². The van der Waals surface area contributed by atoms with Crippen LogP contribution in [0.15, 0.2) is 42.7 Å². The SMILES string of the molecule is N#Cc1ncc(Oc2ccccc2)cn1. The largest absolute Gasteiger partial charge is 0.454 e. The van der Waals surface area contributed by atoms with Gasteiger partial charge in [-0.3, -0.25) is 0 Å². The first-order chi connectivity index (χ1) is 7.38. The van der Waals surface area contributed by atoms with E-state index in [4.69, 9.17) is 10.00 Å². The first kappa shape index (κ1) is 9.16. The molecule has 0 fully saturated rings. The van der Waals surface area contributed by atoms with Crippen LogP contribution in [0.25, 0.3) is 0 Å². The van der Waals surface area contributed by atoms with Crippen molar-refractivity contribution in [1.82, 2.24) is 9.97 Å². The lowest BCUT2D eigenvalue weighted by Gasteiger charge is -2.03. The number of ether oxygens (including phenoxy) is 1. The summed E-state index contributed by atoms with van der Waals surface area (Å²) in [5, 5.41) is 8.50. The Hall–Kier alpha value is -2.41. The van der Waals surface area contributed by atoms with Gasteiger partial charge in [-0.15, -0.1) is 0 Å². The van der Waals surface area contributed by atoms with Crippen molar-refractivity contribution in [2.75, 3.05) is 0 Å². The number of para-hydroxylation sites is 1. The molecule has 72 valence electrons. The molecule has 1 heterocycles. The molecule has 1 aromatic carbocycles. The van der Waals surface area contributed by atoms with Gasteiger partial charge in [0.2, 0.25) is 5.82 Å². The van der Waals surface area contributed by atoms with Crippen LogP contribution in [0.4, 0.5) is 0 Å². The molecule has 0 atom stereocenters. The summed E-state index contributed by atoms with van der Waals surface area (Å²) in [5.74, 6) is 1.36. The van der Waals surface area contributed by atoms with Crippen LogP contribution in [-0.4, -0.2) is 9.97 Å². The highest BCUT2D eigenvalue weighted by molar-refractivity contribution is 5.28. The van der Waals surface area contributed by atoms with Gasteiger partial charge in [0.1, 0.15) is 11.8 Å². The van der Waals surface area contributed by atoms with Crippen molar-refractivity contribution in [3.05, 3.63) is 48.5 Å². The molecular weight excluding hydrogens is 190 g/mol. The van der Waals surface area contributed by atoms with Gasteiger partial charge in [-0.05, 0) is 12.1 Å². The van der Waals surface area contributed by atoms with Crippen LogP contribution in [0.1, 0.15) is 5.82 Å². The third kappa shape index (κ3) is 2.29. The summed E-state index contributed by atoms with van der Waals surface area (Å²) in [6.07, 6.45) is 2.94. The van der Waals surface area contributed by atoms with Crippen LogP contribution in [0, 0.1) is 11.3 Å². The Kier molecular flexibility index (Phi) is 2.56. The van der Waals surface area contributed by atoms with E-state index in [-0.39, 0.29) is 5.82 Å². The van der Waals surface area contributed by atoms with E-state index in [9.17, 15) is 0 Å². The van der Waals surface area contributed by atoms with Crippen molar-refractivity contribution in [2.45, 2.75) is 0 Å². The fourth-order valence-electron chi connectivity index (χ4n) is 1.05. The van der Waals surface area contributed by atoms with Gasteiger partial charge in [-0.1, -0.05) is 18.2 Å². The molecule has 0 bridgehead atoms. The van der Waals surface area contributed by atoms with E-state index in [0.29, 0.717) is 11.5 Å². The number of hydrogen-bond acceptors (Lipinski definition) is 4. The highest BCUT2D eigenvalue weighted by atomic mass is 16.5. The second-order valence-corrected chi connectivity index (χ2v) is 2.77. The monoisotopic (exact) mass is 197 g/mol. The van der Waals surface area contributed by atoms with Gasteiger partial charge in [0.05, 0.1) is 12.4 Å². The van der Waals surface area contributed by atoms with Crippen LogP contribution < -0.4 is 4.74 Å². The standard InChI is InChI=1S/C11H7N3O/c12-6-11-13-7-10(8-14-11)15-9-4-2-1-3-5-9/h1-5,7-8H. The molecule has 0 aliphatic heterocycles. The van der Waals surface area contributed by atoms with Crippen molar-refractivity contribution < 1.29 is 4.74 Å². The lowest BCUT2D eigenvalue weighted by atomic mass is 10.3. The first-order valence-electron chi connectivity index (χ1n) is 4.33. The molecule has 0 unspecified atom stereocenters. The Labute approximate surface area is 86.8 Å². The van der Waals surface area contributed by atoms with Crippen molar-refractivity contribution >= 4 is 0 Å². The number of aromatic nitrogens is 2. The van der Waals surface area contributed by atoms with Gasteiger partial charge in [-0.25, -0.2) is 9.97 Å². The van der Waals surface area contributed by atoms with Gasteiger partial charge in [0.25, 0.3) is 0 Å². The smallest absolute Gasteiger partial charge is 0.232 e. The molecule has 0 spiro atoms. The van der Waals surface area contributed by atoms with Gasteiger partial charge in [0.15, 0.2) is 5.75 Å². The molecule has 2 aromatic rings. The Balaban J connectivity index is 2.16. The predicted octanol–water partition coefficient (Wildman–Crippen LogP) is 2.14. The average molecular weight is 197 g/mol. The van der Waals surface area contributed by atoms with Crippen LogP contribution in [-0.2, 0) is 0 Å². The zero-order chi connectivity index (χ0) is 10.5. The van der Waals surface area contributed by atoms with Crippen LogP contribution in [0.2, 0.25) is 0 Å². The fraction of sp³-hybridized carbons (Fsp3) is 0. The van der Waals surface area contributed by atoms with Crippen molar-refractivity contribution in [3.63, 3.8) is 0 Å². The predicted molar refractivity (Wildman–Crippen MR) is 53.3 cm³/mol. The molecule has 0 amide bonds. The van der Waals surface area contributed by atoms with Crippen LogP contribution >= 0.6 is 0 Å². The summed E-state index contributed by atoms with van der Waals surface area (Å²) in [5.41, 5.74) is 0. The second-order valence-electron chi connectivity index (χ2n) is 2.77. The van der Waals surface area contributed by atoms with E-state index in [1.807, 2.05) is 36.4 Å². The maximum absolute atomic E-state index is 8.50. The molecule has 4 nitrogen and oxygen atoms in total. The van der Waals surface area contributed by atoms with Crippen molar-refractivity contribution in [3.8, 4) is 17.6 Å². The zero-order valence-corrected chi connectivity index (χ0v) is 7.79. The lowest BCUT2D eigenvalue weighted by Crippen LogP contribution is -1.90. The van der Waals surface area contributed by atoms with Gasteiger partial charge in [0, 0.05) is 0 Å². The normalized spacial score (nSPS) is 9.27. The Morgan fingerprint density at radius 1 is 1.00 bits per heavy atom. The molecular formula is C11H7N3O. The molecule has 0 radical (unpaired) electrons. The molecule has 0 saturated carbocycles. The maximum atomic E-state index is 8.50. The Morgan fingerprint density at radius 3 is 2.27 bits per heavy atom. The number of hydrogen-bond donors (Lipinski definition) is 0. The maximum Gasteiger partial charge on any atom is 0.232 e. The highest BCUT2D eigenvalue weighted by Crippen LogP contribution is 2.18. The minimum atomic E-state index is 0.135. The summed E-state index contributed by atoms with van der Waals surface area (Å²) in [6, 6.07) is 11.2. The summed E-state index contributed by atoms with van der Waals surface area (Å²) >= 11 is 0. The average Bonchev–Trinajstić information content (AvgIpc) is 2.31. The third-order valence-corrected chi connectivity index (χ3v) is 1.71. The van der Waals surface area contributed by atoms with E-state index in [0.717, 1.165) is 0 Å². The van der Waals surface area contributed by atoms with E-state index in [1.165, 1.54) is 12.4 Å². The quantitative estimate of drug-likeness (QED) is 0.740. The molecule has 0 aliphatic rings. The highest BCUT2D eigenvalue weighted by Gasteiger charge is 1.98. The molecule has 4 heteroatoms. The van der Waals surface area contributed by atoms with Crippen molar-refractivity contribution in [2.24, 2.45) is 0 Å². The fourth-order valence-corrected chi connectivity index (χ4v) is 1.05. The van der Waals surface area contributed by atoms with Gasteiger partial charge < -0.3 is 4.74 Å². The van der Waals surface area contributed by atoms with Gasteiger partial charge >= 0.3 is 0 Å². The van der Waals surface area contributed by atoms with E-state index < -0.39 is 0 Å². The topological polar surface area (TPSA) is 58.8 Å².